The zero-order chi connectivity index (χ0) is 25.6. The number of nitrogens with zero attached hydrogens (tertiary/aromatic N) is 2. The minimum Gasteiger partial charge on any atom is -0.388 e. The van der Waals surface area contributed by atoms with Crippen molar-refractivity contribution >= 4 is 40.9 Å². The van der Waals surface area contributed by atoms with Gasteiger partial charge in [0.1, 0.15) is 23.8 Å². The van der Waals surface area contributed by atoms with Crippen molar-refractivity contribution in [3.63, 3.8) is 0 Å². The SMILES string of the molecule is C[C@@H](OP(=O)(O)OP(=O)(O)OP(=O)(O)O)[C@H]1O[C@@H](n2cc(F)c(N)nc2=O)[C@@](Cl)(CF)C1O. The summed E-state index contributed by atoms with van der Waals surface area (Å²) in [6.07, 6.45) is -7.27. The van der Waals surface area contributed by atoms with Gasteiger partial charge in [-0.2, -0.15) is 13.6 Å². The van der Waals surface area contributed by atoms with Crippen molar-refractivity contribution < 1.29 is 65.0 Å². The van der Waals surface area contributed by atoms with Crippen LogP contribution in [0.2, 0.25) is 0 Å². The maximum atomic E-state index is 13.8. The van der Waals surface area contributed by atoms with Crippen LogP contribution in [0.4, 0.5) is 14.6 Å². The van der Waals surface area contributed by atoms with Crippen LogP contribution in [0.5, 0.6) is 0 Å². The van der Waals surface area contributed by atoms with Crippen LogP contribution >= 0.6 is 35.1 Å². The lowest BCUT2D eigenvalue weighted by molar-refractivity contribution is -0.0756. The first-order chi connectivity index (χ1) is 14.8. The number of rotatable bonds is 9. The van der Waals surface area contributed by atoms with Gasteiger partial charge in [0.15, 0.2) is 17.9 Å². The van der Waals surface area contributed by atoms with Crippen molar-refractivity contribution in [2.24, 2.45) is 0 Å². The van der Waals surface area contributed by atoms with Gasteiger partial charge in [-0.3, -0.25) is 9.09 Å². The summed E-state index contributed by atoms with van der Waals surface area (Å²) < 4.78 is 78.8. The molecular formula is C11H17ClF2N3O13P3. The largest absolute Gasteiger partial charge is 0.490 e. The Morgan fingerprint density at radius 1 is 1.30 bits per heavy atom. The molecule has 2 rings (SSSR count). The second-order valence-corrected chi connectivity index (χ2v) is 11.6. The van der Waals surface area contributed by atoms with E-state index >= 15 is 0 Å². The number of aromatic nitrogens is 2. The average molecular weight is 566 g/mol. The van der Waals surface area contributed by atoms with E-state index in [1.54, 1.807) is 0 Å². The number of aliphatic hydroxyl groups is 1. The quantitative estimate of drug-likeness (QED) is 0.169. The van der Waals surface area contributed by atoms with Crippen molar-refractivity contribution in [1.82, 2.24) is 9.55 Å². The molecule has 33 heavy (non-hydrogen) atoms. The molecule has 1 aromatic rings. The molecule has 1 aromatic heterocycles. The van der Waals surface area contributed by atoms with Crippen molar-refractivity contribution in [2.75, 3.05) is 12.4 Å². The van der Waals surface area contributed by atoms with Gasteiger partial charge in [0, 0.05) is 0 Å². The molecule has 0 saturated carbocycles. The van der Waals surface area contributed by atoms with Crippen LogP contribution in [-0.4, -0.2) is 64.1 Å². The summed E-state index contributed by atoms with van der Waals surface area (Å²) in [5.41, 5.74) is 3.90. The van der Waals surface area contributed by atoms with Crippen molar-refractivity contribution in [3.05, 3.63) is 22.5 Å². The molecule has 2 heterocycles. The number of ether oxygens (including phenoxy) is 1. The third kappa shape index (κ3) is 6.64. The highest BCUT2D eigenvalue weighted by Gasteiger charge is 2.59. The van der Waals surface area contributed by atoms with Gasteiger partial charge in [0.2, 0.25) is 0 Å². The van der Waals surface area contributed by atoms with Crippen LogP contribution in [0.25, 0.3) is 0 Å². The molecule has 0 bridgehead atoms. The zero-order valence-corrected chi connectivity index (χ0v) is 19.5. The van der Waals surface area contributed by atoms with Crippen molar-refractivity contribution in [1.29, 1.82) is 0 Å². The molecular weight excluding hydrogens is 549 g/mol. The minimum atomic E-state index is -5.84. The molecule has 22 heteroatoms. The standard InChI is InChI=1S/C11H17ClF2N3O13P3/c1-4(28-32(23,24)30-33(25,26)29-31(20,21)22)6-7(18)11(12,3-13)9(27-6)17-2-5(14)8(15)16-10(17)19/h2,4,6-7,9,18H,3H2,1H3,(H,23,24)(H,25,26)(H2,15,16,19)(H2,20,21,22)/t4-,6-,7?,9-,11-/m1/s1. The summed E-state index contributed by atoms with van der Waals surface area (Å²) >= 11 is 6.06. The summed E-state index contributed by atoms with van der Waals surface area (Å²) in [5, 5.41) is 10.4. The van der Waals surface area contributed by atoms with Crippen LogP contribution in [0.15, 0.2) is 11.0 Å². The van der Waals surface area contributed by atoms with Crippen LogP contribution in [0, 0.1) is 5.82 Å². The van der Waals surface area contributed by atoms with Crippen molar-refractivity contribution in [3.8, 4) is 0 Å². The number of anilines is 1. The Hall–Kier alpha value is -0.840. The Morgan fingerprint density at radius 2 is 1.88 bits per heavy atom. The fourth-order valence-corrected chi connectivity index (χ4v) is 6.24. The van der Waals surface area contributed by atoms with E-state index in [2.05, 4.69) is 18.1 Å². The molecule has 0 aromatic carbocycles. The Bertz CT molecular complexity index is 1100. The topological polar surface area (TPSA) is 250 Å². The first kappa shape index (κ1) is 28.4. The van der Waals surface area contributed by atoms with Crippen LogP contribution in [0.3, 0.4) is 0 Å². The van der Waals surface area contributed by atoms with Gasteiger partial charge < -0.3 is 35.2 Å². The summed E-state index contributed by atoms with van der Waals surface area (Å²) in [7, 11) is -17.2. The van der Waals surface area contributed by atoms with Gasteiger partial charge in [0.25, 0.3) is 0 Å². The Morgan fingerprint density at radius 3 is 2.39 bits per heavy atom. The molecule has 7 N–H and O–H groups in total. The molecule has 190 valence electrons. The fraction of sp³-hybridized carbons (Fsp3) is 0.636. The highest BCUT2D eigenvalue weighted by atomic mass is 35.5. The van der Waals surface area contributed by atoms with Gasteiger partial charge in [-0.05, 0) is 6.92 Å². The molecule has 3 unspecified atom stereocenters. The molecule has 16 nitrogen and oxygen atoms in total. The Balaban J connectivity index is 2.29. The number of halogens is 3. The molecule has 1 aliphatic heterocycles. The third-order valence-corrected chi connectivity index (χ3v) is 8.51. The van der Waals surface area contributed by atoms with Gasteiger partial charge in [-0.15, -0.1) is 11.6 Å². The van der Waals surface area contributed by atoms with Crippen molar-refractivity contribution in [2.45, 2.75) is 36.3 Å². The average Bonchev–Trinajstić information content (AvgIpc) is 2.87. The lowest BCUT2D eigenvalue weighted by Gasteiger charge is -2.28. The Kier molecular flexibility index (Phi) is 8.32. The number of phosphoric acid groups is 3. The molecule has 7 atom stereocenters. The van der Waals surface area contributed by atoms with E-state index in [0.29, 0.717) is 10.8 Å². The number of phosphoric ester groups is 1. The second-order valence-electron chi connectivity index (χ2n) is 6.52. The maximum absolute atomic E-state index is 13.8. The molecule has 0 aliphatic carbocycles. The van der Waals surface area contributed by atoms with Gasteiger partial charge in [0.05, 0.1) is 12.3 Å². The molecule has 1 fully saturated rings. The van der Waals surface area contributed by atoms with Crippen LogP contribution < -0.4 is 11.4 Å². The van der Waals surface area contributed by atoms with Gasteiger partial charge in [-0.25, -0.2) is 27.3 Å². The predicted molar refractivity (Wildman–Crippen MR) is 102 cm³/mol. The van der Waals surface area contributed by atoms with Gasteiger partial charge >= 0.3 is 29.2 Å². The molecule has 0 radical (unpaired) electrons. The number of aliphatic hydroxyl groups excluding tert-OH is 1. The molecule has 0 amide bonds. The van der Waals surface area contributed by atoms with Crippen LogP contribution in [0.1, 0.15) is 13.2 Å². The maximum Gasteiger partial charge on any atom is 0.490 e. The van der Waals surface area contributed by atoms with E-state index in [1.165, 1.54) is 0 Å². The summed E-state index contributed by atoms with van der Waals surface area (Å²) in [6, 6.07) is 0. The minimum absolute atomic E-state index is 0.360. The van der Waals surface area contributed by atoms with E-state index in [-0.39, 0.29) is 0 Å². The first-order valence-electron chi connectivity index (χ1n) is 8.26. The number of nitrogen functional groups attached to an aromatic ring is 1. The highest BCUT2D eigenvalue weighted by molar-refractivity contribution is 7.66. The number of nitrogens with two attached hydrogens (primary N) is 1. The van der Waals surface area contributed by atoms with E-state index in [0.717, 1.165) is 6.92 Å². The van der Waals surface area contributed by atoms with E-state index in [4.69, 9.17) is 31.9 Å². The third-order valence-electron chi connectivity index (χ3n) is 4.07. The zero-order valence-electron chi connectivity index (χ0n) is 16.0. The van der Waals surface area contributed by atoms with E-state index in [1.807, 2.05) is 0 Å². The number of alkyl halides is 2. The Labute approximate surface area is 187 Å². The smallest absolute Gasteiger partial charge is 0.388 e. The predicted octanol–water partition coefficient (Wildman–Crippen LogP) is -0.0982. The normalized spacial score (nSPS) is 30.5. The van der Waals surface area contributed by atoms with Crippen LogP contribution in [-0.2, 0) is 31.6 Å². The summed E-state index contributed by atoms with van der Waals surface area (Å²) in [4.78, 5) is 48.5. The van der Waals surface area contributed by atoms with E-state index in [9.17, 15) is 42.2 Å². The number of hydrogen-bond acceptors (Lipinski definition) is 11. The molecule has 0 spiro atoms. The summed E-state index contributed by atoms with van der Waals surface area (Å²) in [6.45, 7) is -0.675. The molecule has 1 aliphatic rings. The summed E-state index contributed by atoms with van der Waals surface area (Å²) in [5.74, 6) is -2.02. The lowest BCUT2D eigenvalue weighted by atomic mass is 9.97. The monoisotopic (exact) mass is 565 g/mol. The van der Waals surface area contributed by atoms with Gasteiger partial charge in [-0.1, -0.05) is 0 Å². The highest BCUT2D eigenvalue weighted by Crippen LogP contribution is 2.66. The number of hydrogen-bond donors (Lipinski definition) is 6. The first-order valence-corrected chi connectivity index (χ1v) is 13.2. The molecule has 1 saturated heterocycles. The lowest BCUT2D eigenvalue weighted by Crippen LogP contribution is -2.47. The fourth-order valence-electron chi connectivity index (χ4n) is 2.76. The second kappa shape index (κ2) is 9.66. The van der Waals surface area contributed by atoms with E-state index < -0.39 is 76.9 Å².